The summed E-state index contributed by atoms with van der Waals surface area (Å²) in [4.78, 5) is 11.4. The molecule has 0 rings (SSSR count). The maximum atomic E-state index is 11.4. The van der Waals surface area contributed by atoms with Crippen molar-refractivity contribution in [1.82, 2.24) is 0 Å². The molecule has 0 aromatic rings. The number of hydrogen-bond donors (Lipinski definition) is 1. The van der Waals surface area contributed by atoms with Crippen molar-refractivity contribution >= 4 is 5.97 Å². The van der Waals surface area contributed by atoms with E-state index >= 15 is 0 Å². The van der Waals surface area contributed by atoms with Crippen molar-refractivity contribution in [3.05, 3.63) is 12.7 Å². The lowest BCUT2D eigenvalue weighted by Crippen LogP contribution is -2.05. The van der Waals surface area contributed by atoms with Gasteiger partial charge in [0.25, 0.3) is 0 Å². The third kappa shape index (κ3) is 15.1. The molecule has 0 aliphatic rings. The fraction of sp³-hybridized carbons (Fsp3) is 0.812. The zero-order valence-electron chi connectivity index (χ0n) is 12.2. The van der Waals surface area contributed by atoms with Crippen LogP contribution in [0.1, 0.15) is 70.6 Å². The molecular formula is C16H30O3. The van der Waals surface area contributed by atoms with E-state index in [2.05, 4.69) is 6.58 Å². The average molecular weight is 270 g/mol. The highest BCUT2D eigenvalue weighted by Crippen LogP contribution is 2.09. The Morgan fingerprint density at radius 2 is 1.58 bits per heavy atom. The largest absolute Gasteiger partial charge is 0.466 e. The minimum Gasteiger partial charge on any atom is -0.466 e. The highest BCUT2D eigenvalue weighted by molar-refractivity contribution is 5.69. The van der Waals surface area contributed by atoms with E-state index in [1.165, 1.54) is 25.7 Å². The first-order chi connectivity index (χ1) is 9.31. The Bertz CT molecular complexity index is 214. The van der Waals surface area contributed by atoms with Gasteiger partial charge in [0.05, 0.1) is 6.61 Å². The first-order valence-corrected chi connectivity index (χ1v) is 7.68. The minimum absolute atomic E-state index is 0.0735. The van der Waals surface area contributed by atoms with Crippen LogP contribution >= 0.6 is 0 Å². The zero-order chi connectivity index (χ0) is 14.2. The number of aliphatic hydroxyl groups is 1. The summed E-state index contributed by atoms with van der Waals surface area (Å²) in [5.41, 5.74) is 0. The number of allylic oxidation sites excluding steroid dienone is 1. The Kier molecular flexibility index (Phi) is 14.6. The molecule has 3 nitrogen and oxygen atoms in total. The predicted molar refractivity (Wildman–Crippen MR) is 79.0 cm³/mol. The van der Waals surface area contributed by atoms with Crippen LogP contribution in [0.3, 0.4) is 0 Å². The van der Waals surface area contributed by atoms with E-state index in [9.17, 15) is 4.79 Å². The molecule has 0 fully saturated rings. The smallest absolute Gasteiger partial charge is 0.305 e. The first kappa shape index (κ1) is 18.2. The van der Waals surface area contributed by atoms with E-state index in [0.717, 1.165) is 38.5 Å². The van der Waals surface area contributed by atoms with Crippen molar-refractivity contribution in [2.24, 2.45) is 0 Å². The Morgan fingerprint density at radius 3 is 2.26 bits per heavy atom. The molecule has 0 radical (unpaired) electrons. The van der Waals surface area contributed by atoms with Crippen LogP contribution in [0.5, 0.6) is 0 Å². The van der Waals surface area contributed by atoms with Crippen molar-refractivity contribution in [3.63, 3.8) is 0 Å². The quantitative estimate of drug-likeness (QED) is 0.295. The summed E-state index contributed by atoms with van der Waals surface area (Å²) in [6, 6.07) is 0. The molecule has 1 N–H and O–H groups in total. The van der Waals surface area contributed by atoms with Gasteiger partial charge in [-0.3, -0.25) is 4.79 Å². The molecule has 0 heterocycles. The Labute approximate surface area is 118 Å². The van der Waals surface area contributed by atoms with Gasteiger partial charge in [-0.05, 0) is 38.5 Å². The lowest BCUT2D eigenvalue weighted by molar-refractivity contribution is -0.143. The number of esters is 1. The monoisotopic (exact) mass is 270 g/mol. The van der Waals surface area contributed by atoms with Gasteiger partial charge in [0.15, 0.2) is 0 Å². The number of aliphatic hydroxyl groups excluding tert-OH is 1. The third-order valence-electron chi connectivity index (χ3n) is 3.10. The van der Waals surface area contributed by atoms with E-state index in [0.29, 0.717) is 13.0 Å². The van der Waals surface area contributed by atoms with Gasteiger partial charge in [-0.1, -0.05) is 31.8 Å². The van der Waals surface area contributed by atoms with Crippen molar-refractivity contribution < 1.29 is 14.6 Å². The average Bonchev–Trinajstić information content (AvgIpc) is 2.41. The van der Waals surface area contributed by atoms with Gasteiger partial charge < -0.3 is 9.84 Å². The molecule has 0 saturated heterocycles. The van der Waals surface area contributed by atoms with E-state index in [-0.39, 0.29) is 12.6 Å². The van der Waals surface area contributed by atoms with Crippen molar-refractivity contribution in [3.8, 4) is 0 Å². The summed E-state index contributed by atoms with van der Waals surface area (Å²) < 4.78 is 5.12. The zero-order valence-corrected chi connectivity index (χ0v) is 12.2. The van der Waals surface area contributed by atoms with E-state index < -0.39 is 0 Å². The van der Waals surface area contributed by atoms with Crippen LogP contribution in [0.4, 0.5) is 0 Å². The normalized spacial score (nSPS) is 10.4. The van der Waals surface area contributed by atoms with Gasteiger partial charge in [0.1, 0.15) is 0 Å². The van der Waals surface area contributed by atoms with Crippen LogP contribution in [0.2, 0.25) is 0 Å². The molecule has 0 spiro atoms. The van der Waals surface area contributed by atoms with E-state index in [4.69, 9.17) is 9.84 Å². The summed E-state index contributed by atoms with van der Waals surface area (Å²) in [6.45, 7) is 4.43. The summed E-state index contributed by atoms with van der Waals surface area (Å²) in [6.07, 6.45) is 13.2. The second-order valence-electron chi connectivity index (χ2n) is 4.95. The highest BCUT2D eigenvalue weighted by Gasteiger charge is 2.02. The van der Waals surface area contributed by atoms with Crippen molar-refractivity contribution in [2.45, 2.75) is 70.6 Å². The molecule has 0 unspecified atom stereocenters. The van der Waals surface area contributed by atoms with Crippen LogP contribution in [0, 0.1) is 0 Å². The Morgan fingerprint density at radius 1 is 0.947 bits per heavy atom. The maximum Gasteiger partial charge on any atom is 0.305 e. The molecule has 0 aromatic heterocycles. The second-order valence-corrected chi connectivity index (χ2v) is 4.95. The molecule has 0 aromatic carbocycles. The number of ether oxygens (including phenoxy) is 1. The predicted octanol–water partition coefficient (Wildman–Crippen LogP) is 4.00. The number of hydrogen-bond acceptors (Lipinski definition) is 3. The van der Waals surface area contributed by atoms with E-state index in [1.807, 2.05) is 6.08 Å². The fourth-order valence-corrected chi connectivity index (χ4v) is 1.91. The molecule has 3 heteroatoms. The molecule has 0 saturated carbocycles. The van der Waals surface area contributed by atoms with Crippen LogP contribution < -0.4 is 0 Å². The summed E-state index contributed by atoms with van der Waals surface area (Å²) >= 11 is 0. The van der Waals surface area contributed by atoms with Crippen LogP contribution in [-0.4, -0.2) is 24.3 Å². The molecular weight excluding hydrogens is 240 g/mol. The van der Waals surface area contributed by atoms with Crippen LogP contribution in [0.15, 0.2) is 12.7 Å². The number of carbonyl (C=O) groups is 1. The Hall–Kier alpha value is -0.830. The molecule has 112 valence electrons. The second kappa shape index (κ2) is 15.2. The van der Waals surface area contributed by atoms with Gasteiger partial charge in [0, 0.05) is 13.0 Å². The topological polar surface area (TPSA) is 46.5 Å². The first-order valence-electron chi connectivity index (χ1n) is 7.68. The van der Waals surface area contributed by atoms with Gasteiger partial charge in [0.2, 0.25) is 0 Å². The fourth-order valence-electron chi connectivity index (χ4n) is 1.91. The third-order valence-corrected chi connectivity index (χ3v) is 3.10. The van der Waals surface area contributed by atoms with E-state index in [1.54, 1.807) is 0 Å². The van der Waals surface area contributed by atoms with Crippen LogP contribution in [0.25, 0.3) is 0 Å². The van der Waals surface area contributed by atoms with Crippen molar-refractivity contribution in [1.29, 1.82) is 0 Å². The number of rotatable bonds is 14. The van der Waals surface area contributed by atoms with Crippen LogP contribution in [-0.2, 0) is 9.53 Å². The molecule has 19 heavy (non-hydrogen) atoms. The number of carbonyl (C=O) groups excluding carboxylic acids is 1. The van der Waals surface area contributed by atoms with Gasteiger partial charge in [-0.2, -0.15) is 0 Å². The lowest BCUT2D eigenvalue weighted by Gasteiger charge is -2.04. The molecule has 0 atom stereocenters. The molecule has 0 amide bonds. The molecule has 0 bridgehead atoms. The highest BCUT2D eigenvalue weighted by atomic mass is 16.5. The maximum absolute atomic E-state index is 11.4. The van der Waals surface area contributed by atoms with Gasteiger partial charge in [-0.15, -0.1) is 6.58 Å². The van der Waals surface area contributed by atoms with Crippen molar-refractivity contribution in [2.75, 3.05) is 13.2 Å². The molecule has 0 aliphatic carbocycles. The number of unbranched alkanes of at least 4 members (excludes halogenated alkanes) is 8. The SMILES string of the molecule is C=CCCCCCCCCC(=O)OCCCCCO. The summed E-state index contributed by atoms with van der Waals surface area (Å²) in [5, 5.41) is 8.60. The van der Waals surface area contributed by atoms with Gasteiger partial charge in [-0.25, -0.2) is 0 Å². The standard InChI is InChI=1S/C16H30O3/c1-2-3-4-5-6-7-8-10-13-16(18)19-15-12-9-11-14-17/h2,17H,1,3-15H2. The van der Waals surface area contributed by atoms with Gasteiger partial charge >= 0.3 is 5.97 Å². The lowest BCUT2D eigenvalue weighted by atomic mass is 10.1. The summed E-state index contributed by atoms with van der Waals surface area (Å²) in [7, 11) is 0. The Balaban J connectivity index is 3.13. The summed E-state index contributed by atoms with van der Waals surface area (Å²) in [5.74, 6) is -0.0735. The minimum atomic E-state index is -0.0735. The molecule has 0 aliphatic heterocycles.